The van der Waals surface area contributed by atoms with E-state index in [2.05, 4.69) is 24.3 Å². The molecule has 0 spiro atoms. The third-order valence-electron chi connectivity index (χ3n) is 6.81. The lowest BCUT2D eigenvalue weighted by Crippen LogP contribution is -2.25. The van der Waals surface area contributed by atoms with Crippen molar-refractivity contribution in [2.75, 3.05) is 21.3 Å². The summed E-state index contributed by atoms with van der Waals surface area (Å²) in [6, 6.07) is 31.6. The molecule has 0 fully saturated rings. The van der Waals surface area contributed by atoms with E-state index < -0.39 is 5.92 Å². The third kappa shape index (κ3) is 4.27. The summed E-state index contributed by atoms with van der Waals surface area (Å²) >= 11 is 0. The summed E-state index contributed by atoms with van der Waals surface area (Å²) in [5.74, 6) is 1.39. The number of hydrogen-bond acceptors (Lipinski definition) is 4. The van der Waals surface area contributed by atoms with Crippen molar-refractivity contribution in [2.45, 2.75) is 11.8 Å². The van der Waals surface area contributed by atoms with Gasteiger partial charge in [-0.15, -0.1) is 0 Å². The highest BCUT2D eigenvalue weighted by atomic mass is 16.5. The quantitative estimate of drug-likeness (QED) is 0.269. The van der Waals surface area contributed by atoms with E-state index >= 15 is 0 Å². The van der Waals surface area contributed by atoms with Crippen molar-refractivity contribution >= 4 is 17.4 Å². The van der Waals surface area contributed by atoms with Gasteiger partial charge < -0.3 is 14.2 Å². The zero-order valence-corrected chi connectivity index (χ0v) is 20.6. The monoisotopic (exact) mass is 476 g/mol. The Balaban J connectivity index is 1.81. The molecule has 0 amide bonds. The first-order valence-electron chi connectivity index (χ1n) is 11.9. The van der Waals surface area contributed by atoms with E-state index in [-0.39, 0.29) is 11.7 Å². The summed E-state index contributed by atoms with van der Waals surface area (Å²) < 4.78 is 16.8. The molecule has 4 nitrogen and oxygen atoms in total. The normalized spacial score (nSPS) is 16.5. The first-order valence-corrected chi connectivity index (χ1v) is 11.9. The number of ether oxygens (including phenoxy) is 3. The molecule has 0 radical (unpaired) electrons. The van der Waals surface area contributed by atoms with Crippen LogP contribution in [0.5, 0.6) is 17.2 Å². The van der Waals surface area contributed by atoms with Crippen molar-refractivity contribution in [3.05, 3.63) is 125 Å². The highest BCUT2D eigenvalue weighted by Gasteiger charge is 2.39. The number of methoxy groups -OCH3 is 3. The lowest BCUT2D eigenvalue weighted by atomic mass is 9.67. The van der Waals surface area contributed by atoms with Crippen LogP contribution in [0.4, 0.5) is 0 Å². The van der Waals surface area contributed by atoms with E-state index in [0.29, 0.717) is 17.1 Å². The molecule has 4 aromatic rings. The van der Waals surface area contributed by atoms with Crippen molar-refractivity contribution in [3.8, 4) is 17.2 Å². The topological polar surface area (TPSA) is 44.8 Å². The van der Waals surface area contributed by atoms with Gasteiger partial charge in [-0.3, -0.25) is 4.79 Å². The lowest BCUT2D eigenvalue weighted by molar-refractivity contribution is 0.0953. The Bertz CT molecular complexity index is 1410. The van der Waals surface area contributed by atoms with E-state index in [9.17, 15) is 4.79 Å². The molecule has 0 unspecified atom stereocenters. The zero-order valence-electron chi connectivity index (χ0n) is 20.6. The standard InChI is InChI=1S/C32H28O4/c1-34-25-16-10-15-23(17-25)26-18-24-19-28(35-2)29(36-3)20-27(24)31(30(26)21-11-6-4-7-12-21)32(33)22-13-8-5-9-14-22/h4-20,30-31H,1-3H3/t30-,31-/m0/s1. The molecule has 0 saturated carbocycles. The summed E-state index contributed by atoms with van der Waals surface area (Å²) in [5, 5.41) is 0. The molecule has 4 aromatic carbocycles. The Morgan fingerprint density at radius 1 is 0.694 bits per heavy atom. The number of allylic oxidation sites excluding steroid dienone is 1. The van der Waals surface area contributed by atoms with Gasteiger partial charge in [-0.2, -0.15) is 0 Å². The maximum atomic E-state index is 14.3. The molecule has 5 rings (SSSR count). The predicted molar refractivity (Wildman–Crippen MR) is 143 cm³/mol. The average Bonchev–Trinajstić information content (AvgIpc) is 2.95. The molecule has 0 N–H and O–H groups in total. The van der Waals surface area contributed by atoms with Gasteiger partial charge in [0.15, 0.2) is 17.3 Å². The summed E-state index contributed by atoms with van der Waals surface area (Å²) in [7, 11) is 4.91. The van der Waals surface area contributed by atoms with Crippen LogP contribution in [0.15, 0.2) is 97.1 Å². The largest absolute Gasteiger partial charge is 0.497 e. The number of ketones is 1. The fourth-order valence-corrected chi connectivity index (χ4v) is 5.09. The van der Waals surface area contributed by atoms with E-state index in [0.717, 1.165) is 33.6 Å². The fourth-order valence-electron chi connectivity index (χ4n) is 5.09. The van der Waals surface area contributed by atoms with Crippen LogP contribution in [0.3, 0.4) is 0 Å². The third-order valence-corrected chi connectivity index (χ3v) is 6.81. The van der Waals surface area contributed by atoms with Crippen LogP contribution >= 0.6 is 0 Å². The molecule has 36 heavy (non-hydrogen) atoms. The zero-order chi connectivity index (χ0) is 25.1. The van der Waals surface area contributed by atoms with Gasteiger partial charge in [0.25, 0.3) is 0 Å². The predicted octanol–water partition coefficient (Wildman–Crippen LogP) is 7.02. The van der Waals surface area contributed by atoms with Gasteiger partial charge in [0.05, 0.1) is 27.2 Å². The van der Waals surface area contributed by atoms with Gasteiger partial charge in [0, 0.05) is 11.5 Å². The number of benzene rings is 4. The van der Waals surface area contributed by atoms with Crippen LogP contribution in [-0.4, -0.2) is 27.1 Å². The smallest absolute Gasteiger partial charge is 0.171 e. The Morgan fingerprint density at radius 2 is 1.36 bits per heavy atom. The molecule has 0 saturated heterocycles. The molecule has 180 valence electrons. The number of fused-ring (bicyclic) bond motifs is 1. The SMILES string of the molecule is COc1cccc(C2=Cc3cc(OC)c(OC)cc3[C@H](C(=O)c3ccccc3)[C@H]2c2ccccc2)c1. The highest BCUT2D eigenvalue weighted by molar-refractivity contribution is 6.06. The molecule has 2 atom stereocenters. The average molecular weight is 477 g/mol. The second-order valence-corrected chi connectivity index (χ2v) is 8.76. The van der Waals surface area contributed by atoms with Crippen LogP contribution < -0.4 is 14.2 Å². The highest BCUT2D eigenvalue weighted by Crippen LogP contribution is 2.52. The minimum Gasteiger partial charge on any atom is -0.497 e. The Hall–Kier alpha value is -4.31. The second kappa shape index (κ2) is 10.1. The Morgan fingerprint density at radius 3 is 2.03 bits per heavy atom. The summed E-state index contributed by atoms with van der Waals surface area (Å²) in [5.41, 5.74) is 5.66. The van der Waals surface area contributed by atoms with Gasteiger partial charge in [-0.25, -0.2) is 0 Å². The van der Waals surface area contributed by atoms with Crippen molar-refractivity contribution < 1.29 is 19.0 Å². The lowest BCUT2D eigenvalue weighted by Gasteiger charge is -2.35. The van der Waals surface area contributed by atoms with Crippen LogP contribution in [0.2, 0.25) is 0 Å². The van der Waals surface area contributed by atoms with Crippen LogP contribution in [0, 0.1) is 0 Å². The van der Waals surface area contributed by atoms with E-state index in [1.165, 1.54) is 0 Å². The molecule has 1 aliphatic rings. The molecule has 0 heterocycles. The van der Waals surface area contributed by atoms with Crippen LogP contribution in [-0.2, 0) is 0 Å². The van der Waals surface area contributed by atoms with Gasteiger partial charge in [-0.05, 0) is 52.1 Å². The van der Waals surface area contributed by atoms with Crippen LogP contribution in [0.1, 0.15) is 44.4 Å². The number of hydrogen-bond donors (Lipinski definition) is 0. The maximum Gasteiger partial charge on any atom is 0.171 e. The molecular formula is C32H28O4. The second-order valence-electron chi connectivity index (χ2n) is 8.76. The van der Waals surface area contributed by atoms with Crippen molar-refractivity contribution in [1.29, 1.82) is 0 Å². The van der Waals surface area contributed by atoms with Gasteiger partial charge in [0.1, 0.15) is 5.75 Å². The number of rotatable bonds is 7. The van der Waals surface area contributed by atoms with Crippen LogP contribution in [0.25, 0.3) is 11.6 Å². The number of carbonyl (C=O) groups is 1. The maximum absolute atomic E-state index is 14.3. The Kier molecular flexibility index (Phi) is 6.59. The van der Waals surface area contributed by atoms with E-state index in [1.807, 2.05) is 78.9 Å². The minimum atomic E-state index is -0.462. The summed E-state index contributed by atoms with van der Waals surface area (Å²) in [4.78, 5) is 14.3. The molecule has 1 aliphatic carbocycles. The van der Waals surface area contributed by atoms with Gasteiger partial charge >= 0.3 is 0 Å². The molecule has 4 heteroatoms. The first kappa shape index (κ1) is 23.4. The fraction of sp³-hybridized carbons (Fsp3) is 0.156. The van der Waals surface area contributed by atoms with E-state index in [1.54, 1.807) is 21.3 Å². The minimum absolute atomic E-state index is 0.0615. The van der Waals surface area contributed by atoms with E-state index in [4.69, 9.17) is 14.2 Å². The van der Waals surface area contributed by atoms with Crippen molar-refractivity contribution in [3.63, 3.8) is 0 Å². The number of carbonyl (C=O) groups excluding carboxylic acids is 1. The van der Waals surface area contributed by atoms with Gasteiger partial charge in [-0.1, -0.05) is 78.9 Å². The molecule has 0 bridgehead atoms. The van der Waals surface area contributed by atoms with Crippen molar-refractivity contribution in [2.24, 2.45) is 0 Å². The molecule has 0 aliphatic heterocycles. The molecule has 0 aromatic heterocycles. The number of Topliss-reactive ketones (excluding diaryl/α,β-unsaturated/α-hetero) is 1. The van der Waals surface area contributed by atoms with Crippen molar-refractivity contribution in [1.82, 2.24) is 0 Å². The van der Waals surface area contributed by atoms with Gasteiger partial charge in [0.2, 0.25) is 0 Å². The summed E-state index contributed by atoms with van der Waals surface area (Å²) in [6.07, 6.45) is 2.17. The Labute approximate surface area is 211 Å². The summed E-state index contributed by atoms with van der Waals surface area (Å²) in [6.45, 7) is 0. The molecular weight excluding hydrogens is 448 g/mol. The first-order chi connectivity index (χ1) is 17.6.